The number of aromatic nitrogens is 1. The summed E-state index contributed by atoms with van der Waals surface area (Å²) in [5, 5.41) is 4.90. The first-order valence-electron chi connectivity index (χ1n) is 7.05. The number of alkyl halides is 3. The third kappa shape index (κ3) is 4.55. The van der Waals surface area contributed by atoms with Crippen LogP contribution >= 0.6 is 0 Å². The number of pyridine rings is 1. The van der Waals surface area contributed by atoms with Gasteiger partial charge in [-0.2, -0.15) is 13.2 Å². The second kappa shape index (κ2) is 7.12. The van der Waals surface area contributed by atoms with Gasteiger partial charge >= 0.3 is 6.18 Å². The van der Waals surface area contributed by atoms with Crippen molar-refractivity contribution in [2.75, 3.05) is 10.6 Å². The Morgan fingerprint density at radius 3 is 2.46 bits per heavy atom. The summed E-state index contributed by atoms with van der Waals surface area (Å²) in [6.07, 6.45) is -4.31. The molecule has 24 heavy (non-hydrogen) atoms. The molecule has 0 aliphatic rings. The van der Waals surface area contributed by atoms with Gasteiger partial charge in [0, 0.05) is 17.7 Å². The summed E-state index contributed by atoms with van der Waals surface area (Å²) in [5.74, 6) is -1.06. The smallest absolute Gasteiger partial charge is 0.326 e. The Labute approximate surface area is 135 Å². The van der Waals surface area contributed by atoms with Crippen LogP contribution in [0.2, 0.25) is 0 Å². The molecule has 0 radical (unpaired) electrons. The predicted molar refractivity (Wildman–Crippen MR) is 82.6 cm³/mol. The Kier molecular flexibility index (Phi) is 5.18. The number of carbonyl (C=O) groups excluding carboxylic acids is 2. The van der Waals surface area contributed by atoms with Gasteiger partial charge in [-0.1, -0.05) is 19.1 Å². The van der Waals surface area contributed by atoms with Gasteiger partial charge in [0.2, 0.25) is 5.91 Å². The quantitative estimate of drug-likeness (QED) is 0.893. The molecule has 0 saturated carbocycles. The van der Waals surface area contributed by atoms with Crippen molar-refractivity contribution < 1.29 is 22.8 Å². The number of nitrogens with one attached hydrogen (secondary N) is 2. The Hall–Kier alpha value is -2.90. The number of carbonyl (C=O) groups is 2. The summed E-state index contributed by atoms with van der Waals surface area (Å²) in [6.45, 7) is 1.69. The van der Waals surface area contributed by atoms with E-state index in [0.29, 0.717) is 5.69 Å². The Morgan fingerprint density at radius 2 is 1.79 bits per heavy atom. The van der Waals surface area contributed by atoms with E-state index in [1.54, 1.807) is 19.1 Å². The maximum absolute atomic E-state index is 12.6. The highest BCUT2D eigenvalue weighted by Gasteiger charge is 2.32. The molecule has 2 amide bonds. The second-order valence-corrected chi connectivity index (χ2v) is 4.84. The number of nitrogens with zero attached hydrogens (tertiary/aromatic N) is 1. The van der Waals surface area contributed by atoms with E-state index in [-0.39, 0.29) is 23.7 Å². The van der Waals surface area contributed by atoms with Gasteiger partial charge in [0.25, 0.3) is 5.91 Å². The van der Waals surface area contributed by atoms with Crippen LogP contribution in [0.15, 0.2) is 42.5 Å². The number of hydrogen-bond acceptors (Lipinski definition) is 3. The zero-order chi connectivity index (χ0) is 17.7. The molecule has 0 aliphatic heterocycles. The standard InChI is InChI=1S/C16H14F3N3O2/c1-2-14(23)20-11-6-3-5-10(9-11)15(24)22-13-8-4-7-12(21-13)16(17,18)19/h3-9H,2H2,1H3,(H,20,23)(H,21,22,24). The van der Waals surface area contributed by atoms with E-state index < -0.39 is 17.8 Å². The second-order valence-electron chi connectivity index (χ2n) is 4.84. The van der Waals surface area contributed by atoms with E-state index in [0.717, 1.165) is 12.1 Å². The van der Waals surface area contributed by atoms with Crippen LogP contribution in [0, 0.1) is 0 Å². The lowest BCUT2D eigenvalue weighted by atomic mass is 10.2. The number of anilines is 2. The molecule has 2 aromatic rings. The lowest BCUT2D eigenvalue weighted by Gasteiger charge is -2.10. The molecule has 0 aliphatic carbocycles. The third-order valence-electron chi connectivity index (χ3n) is 3.01. The molecule has 8 heteroatoms. The molecule has 126 valence electrons. The van der Waals surface area contributed by atoms with Crippen LogP contribution < -0.4 is 10.6 Å². The van der Waals surface area contributed by atoms with Crippen LogP contribution in [0.5, 0.6) is 0 Å². The van der Waals surface area contributed by atoms with Crippen LogP contribution in [0.25, 0.3) is 0 Å². The van der Waals surface area contributed by atoms with Crippen molar-refractivity contribution >= 4 is 23.3 Å². The van der Waals surface area contributed by atoms with E-state index in [2.05, 4.69) is 15.6 Å². The van der Waals surface area contributed by atoms with Crippen molar-refractivity contribution in [1.82, 2.24) is 4.98 Å². The number of hydrogen-bond donors (Lipinski definition) is 2. The summed E-state index contributed by atoms with van der Waals surface area (Å²) in [6, 6.07) is 9.30. The normalized spacial score (nSPS) is 11.0. The van der Waals surface area contributed by atoms with Crippen LogP contribution in [-0.2, 0) is 11.0 Å². The molecule has 1 aromatic carbocycles. The van der Waals surface area contributed by atoms with Crippen molar-refractivity contribution in [3.8, 4) is 0 Å². The van der Waals surface area contributed by atoms with Gasteiger partial charge in [0.05, 0.1) is 0 Å². The van der Waals surface area contributed by atoms with Crippen LogP contribution in [0.1, 0.15) is 29.4 Å². The average Bonchev–Trinajstić information content (AvgIpc) is 2.54. The van der Waals surface area contributed by atoms with Gasteiger partial charge in [-0.15, -0.1) is 0 Å². The third-order valence-corrected chi connectivity index (χ3v) is 3.01. The molecule has 2 rings (SSSR count). The van der Waals surface area contributed by atoms with Crippen LogP contribution in [-0.4, -0.2) is 16.8 Å². The van der Waals surface area contributed by atoms with Gasteiger partial charge in [0.1, 0.15) is 11.5 Å². The Bertz CT molecular complexity index is 760. The Balaban J connectivity index is 2.15. The SMILES string of the molecule is CCC(=O)Nc1cccc(C(=O)Nc2cccc(C(F)(F)F)n2)c1. The summed E-state index contributed by atoms with van der Waals surface area (Å²) in [5.41, 5.74) is -0.487. The molecule has 0 fully saturated rings. The van der Waals surface area contributed by atoms with E-state index >= 15 is 0 Å². The highest BCUT2D eigenvalue weighted by atomic mass is 19.4. The monoisotopic (exact) mass is 337 g/mol. The van der Waals surface area contributed by atoms with Crippen molar-refractivity contribution in [3.63, 3.8) is 0 Å². The number of halogens is 3. The van der Waals surface area contributed by atoms with E-state index in [9.17, 15) is 22.8 Å². The van der Waals surface area contributed by atoms with Crippen LogP contribution in [0.3, 0.4) is 0 Å². The van der Waals surface area contributed by atoms with Crippen molar-refractivity contribution in [2.24, 2.45) is 0 Å². The van der Waals surface area contributed by atoms with Crippen molar-refractivity contribution in [1.29, 1.82) is 0 Å². The number of amides is 2. The lowest BCUT2D eigenvalue weighted by molar-refractivity contribution is -0.141. The lowest BCUT2D eigenvalue weighted by Crippen LogP contribution is -2.16. The maximum atomic E-state index is 12.6. The minimum absolute atomic E-state index is 0.183. The van der Waals surface area contributed by atoms with Gasteiger partial charge in [-0.3, -0.25) is 9.59 Å². The first kappa shape index (κ1) is 17.5. The minimum Gasteiger partial charge on any atom is -0.326 e. The van der Waals surface area contributed by atoms with Crippen molar-refractivity contribution in [3.05, 3.63) is 53.7 Å². The molecule has 0 unspecified atom stereocenters. The zero-order valence-electron chi connectivity index (χ0n) is 12.6. The fourth-order valence-electron chi connectivity index (χ4n) is 1.84. The molecular formula is C16H14F3N3O2. The van der Waals surface area contributed by atoms with Gasteiger partial charge in [-0.05, 0) is 30.3 Å². The fraction of sp³-hybridized carbons (Fsp3) is 0.188. The number of benzene rings is 1. The first-order chi connectivity index (χ1) is 11.3. The topological polar surface area (TPSA) is 71.1 Å². The zero-order valence-corrected chi connectivity index (χ0v) is 12.6. The Morgan fingerprint density at radius 1 is 1.08 bits per heavy atom. The molecule has 2 N–H and O–H groups in total. The highest BCUT2D eigenvalue weighted by Crippen LogP contribution is 2.28. The number of rotatable bonds is 4. The van der Waals surface area contributed by atoms with Gasteiger partial charge in [0.15, 0.2) is 0 Å². The largest absolute Gasteiger partial charge is 0.433 e. The predicted octanol–water partition coefficient (Wildman–Crippen LogP) is 3.70. The average molecular weight is 337 g/mol. The van der Waals surface area contributed by atoms with E-state index in [4.69, 9.17) is 0 Å². The summed E-state index contributed by atoms with van der Waals surface area (Å²) < 4.78 is 37.9. The molecule has 1 aromatic heterocycles. The molecular weight excluding hydrogens is 323 g/mol. The summed E-state index contributed by atoms with van der Waals surface area (Å²) >= 11 is 0. The molecule has 0 atom stereocenters. The van der Waals surface area contributed by atoms with Gasteiger partial charge in [-0.25, -0.2) is 4.98 Å². The van der Waals surface area contributed by atoms with Crippen LogP contribution in [0.4, 0.5) is 24.7 Å². The summed E-state index contributed by atoms with van der Waals surface area (Å²) in [7, 11) is 0. The van der Waals surface area contributed by atoms with Gasteiger partial charge < -0.3 is 10.6 Å². The molecule has 0 bridgehead atoms. The fourth-order valence-corrected chi connectivity index (χ4v) is 1.84. The maximum Gasteiger partial charge on any atom is 0.433 e. The van der Waals surface area contributed by atoms with E-state index in [1.807, 2.05) is 0 Å². The van der Waals surface area contributed by atoms with Crippen molar-refractivity contribution in [2.45, 2.75) is 19.5 Å². The molecule has 0 spiro atoms. The summed E-state index contributed by atoms with van der Waals surface area (Å²) in [4.78, 5) is 26.9. The highest BCUT2D eigenvalue weighted by molar-refractivity contribution is 6.04. The van der Waals surface area contributed by atoms with E-state index in [1.165, 1.54) is 18.2 Å². The molecule has 1 heterocycles. The first-order valence-corrected chi connectivity index (χ1v) is 7.05. The molecule has 5 nitrogen and oxygen atoms in total. The molecule has 0 saturated heterocycles. The minimum atomic E-state index is -4.59.